The van der Waals surface area contributed by atoms with Crippen molar-refractivity contribution in [1.82, 2.24) is 5.32 Å². The van der Waals surface area contributed by atoms with E-state index >= 15 is 0 Å². The Morgan fingerprint density at radius 2 is 2.00 bits per heavy atom. The minimum atomic E-state index is -0.111. The summed E-state index contributed by atoms with van der Waals surface area (Å²) < 4.78 is 8.51. The third-order valence-electron chi connectivity index (χ3n) is 3.83. The average molecular weight is 411 g/mol. The highest BCUT2D eigenvalue weighted by Gasteiger charge is 2.49. The standard InChI is InChI=1S/C14H21Br2NOS/c1-13(2)7-8(14(3,4)18-13)11(17-5)10-6-9(15)12(16)19-10/h6,8,11,17H,7H2,1-5H3. The molecule has 1 aromatic heterocycles. The molecule has 1 aliphatic rings. The molecule has 0 bridgehead atoms. The quantitative estimate of drug-likeness (QED) is 0.745. The summed E-state index contributed by atoms with van der Waals surface area (Å²) in [5, 5.41) is 3.48. The lowest BCUT2D eigenvalue weighted by atomic mass is 9.81. The normalized spacial score (nSPS) is 26.6. The van der Waals surface area contributed by atoms with Gasteiger partial charge in [0, 0.05) is 21.3 Å². The zero-order chi connectivity index (χ0) is 14.4. The molecule has 0 radical (unpaired) electrons. The summed E-state index contributed by atoms with van der Waals surface area (Å²) >= 11 is 8.95. The highest BCUT2D eigenvalue weighted by Crippen LogP contribution is 2.49. The maximum absolute atomic E-state index is 6.23. The Morgan fingerprint density at radius 3 is 2.37 bits per heavy atom. The molecule has 0 spiro atoms. The number of halogens is 2. The van der Waals surface area contributed by atoms with E-state index in [9.17, 15) is 0 Å². The monoisotopic (exact) mass is 409 g/mol. The largest absolute Gasteiger partial charge is 0.369 e. The number of nitrogens with one attached hydrogen (secondary N) is 1. The Kier molecular flexibility index (Phi) is 4.54. The maximum atomic E-state index is 6.23. The Bertz CT molecular complexity index is 451. The van der Waals surface area contributed by atoms with E-state index in [4.69, 9.17) is 4.74 Å². The van der Waals surface area contributed by atoms with Crippen LogP contribution in [-0.2, 0) is 4.74 Å². The second-order valence-electron chi connectivity index (χ2n) is 6.31. The molecule has 1 aliphatic heterocycles. The summed E-state index contributed by atoms with van der Waals surface area (Å²) in [5.74, 6) is 0.463. The molecule has 19 heavy (non-hydrogen) atoms. The number of ether oxygens (including phenoxy) is 1. The van der Waals surface area contributed by atoms with Gasteiger partial charge in [0.15, 0.2) is 0 Å². The van der Waals surface area contributed by atoms with E-state index in [-0.39, 0.29) is 11.2 Å². The molecule has 5 heteroatoms. The van der Waals surface area contributed by atoms with E-state index in [2.05, 4.69) is 70.9 Å². The van der Waals surface area contributed by atoms with Gasteiger partial charge in [-0.2, -0.15) is 0 Å². The minimum absolute atomic E-state index is 0.0466. The van der Waals surface area contributed by atoms with Gasteiger partial charge in [0.1, 0.15) is 0 Å². The van der Waals surface area contributed by atoms with Crippen LogP contribution >= 0.6 is 43.2 Å². The molecular formula is C14H21Br2NOS. The van der Waals surface area contributed by atoms with Crippen LogP contribution in [0.5, 0.6) is 0 Å². The first-order chi connectivity index (χ1) is 8.66. The summed E-state index contributed by atoms with van der Waals surface area (Å²) in [5.41, 5.74) is -0.158. The van der Waals surface area contributed by atoms with Gasteiger partial charge in [-0.15, -0.1) is 11.3 Å². The average Bonchev–Trinajstić information content (AvgIpc) is 2.66. The fraction of sp³-hybridized carbons (Fsp3) is 0.714. The molecule has 2 nitrogen and oxygen atoms in total. The van der Waals surface area contributed by atoms with Crippen LogP contribution in [0.25, 0.3) is 0 Å². The zero-order valence-electron chi connectivity index (χ0n) is 12.0. The summed E-state index contributed by atoms with van der Waals surface area (Å²) in [6.07, 6.45) is 1.07. The van der Waals surface area contributed by atoms with Crippen molar-refractivity contribution in [3.8, 4) is 0 Å². The van der Waals surface area contributed by atoms with Crippen LogP contribution in [-0.4, -0.2) is 18.2 Å². The van der Waals surface area contributed by atoms with E-state index < -0.39 is 0 Å². The predicted octanol–water partition coefficient (Wildman–Crippen LogP) is 5.13. The summed E-state index contributed by atoms with van der Waals surface area (Å²) in [7, 11) is 2.04. The van der Waals surface area contributed by atoms with Crippen molar-refractivity contribution in [1.29, 1.82) is 0 Å². The fourth-order valence-corrected chi connectivity index (χ4v) is 5.45. The number of hydrogen-bond acceptors (Lipinski definition) is 3. The van der Waals surface area contributed by atoms with Gasteiger partial charge in [0.2, 0.25) is 0 Å². The summed E-state index contributed by atoms with van der Waals surface area (Å²) in [6.45, 7) is 8.77. The van der Waals surface area contributed by atoms with Crippen molar-refractivity contribution < 1.29 is 4.74 Å². The van der Waals surface area contributed by atoms with Crippen molar-refractivity contribution in [2.75, 3.05) is 7.05 Å². The topological polar surface area (TPSA) is 21.3 Å². The van der Waals surface area contributed by atoms with Crippen LogP contribution in [0.1, 0.15) is 45.0 Å². The number of thiophene rings is 1. The highest BCUT2D eigenvalue weighted by molar-refractivity contribution is 9.13. The second-order valence-corrected chi connectivity index (χ2v) is 9.57. The molecule has 1 saturated heterocycles. The van der Waals surface area contributed by atoms with E-state index in [1.165, 1.54) is 4.88 Å². The molecule has 0 aromatic carbocycles. The molecule has 2 heterocycles. The van der Waals surface area contributed by atoms with Crippen molar-refractivity contribution in [3.05, 3.63) is 19.2 Å². The molecule has 1 aromatic rings. The van der Waals surface area contributed by atoms with Gasteiger partial charge in [-0.05, 0) is 79.1 Å². The van der Waals surface area contributed by atoms with Crippen molar-refractivity contribution in [2.24, 2.45) is 5.92 Å². The highest BCUT2D eigenvalue weighted by atomic mass is 79.9. The van der Waals surface area contributed by atoms with E-state index in [0.29, 0.717) is 12.0 Å². The number of rotatable bonds is 3. The van der Waals surface area contributed by atoms with Gasteiger partial charge >= 0.3 is 0 Å². The van der Waals surface area contributed by atoms with Gasteiger partial charge in [-0.1, -0.05) is 0 Å². The van der Waals surface area contributed by atoms with Crippen molar-refractivity contribution >= 4 is 43.2 Å². The minimum Gasteiger partial charge on any atom is -0.369 e. The third kappa shape index (κ3) is 3.26. The zero-order valence-corrected chi connectivity index (χ0v) is 16.0. The Hall–Kier alpha value is 0.580. The predicted molar refractivity (Wildman–Crippen MR) is 88.9 cm³/mol. The third-order valence-corrected chi connectivity index (χ3v) is 7.17. The summed E-state index contributed by atoms with van der Waals surface area (Å²) in [4.78, 5) is 1.35. The molecule has 108 valence electrons. The first-order valence-electron chi connectivity index (χ1n) is 6.48. The molecule has 1 fully saturated rings. The molecule has 2 atom stereocenters. The molecule has 2 rings (SSSR count). The van der Waals surface area contributed by atoms with Gasteiger partial charge in [-0.3, -0.25) is 0 Å². The molecule has 0 amide bonds. The SMILES string of the molecule is CNC(c1cc(Br)c(Br)s1)C1CC(C)(C)OC1(C)C. The smallest absolute Gasteiger partial charge is 0.0843 e. The van der Waals surface area contributed by atoms with Crippen LogP contribution in [0.2, 0.25) is 0 Å². The van der Waals surface area contributed by atoms with E-state index in [0.717, 1.165) is 14.7 Å². The lowest BCUT2D eigenvalue weighted by Gasteiger charge is -2.32. The molecule has 0 aliphatic carbocycles. The first kappa shape index (κ1) is 16.0. The summed E-state index contributed by atoms with van der Waals surface area (Å²) in [6, 6.07) is 2.53. The molecular weight excluding hydrogens is 390 g/mol. The van der Waals surface area contributed by atoms with Crippen molar-refractivity contribution in [3.63, 3.8) is 0 Å². The van der Waals surface area contributed by atoms with Gasteiger partial charge in [0.05, 0.1) is 15.0 Å². The van der Waals surface area contributed by atoms with Gasteiger partial charge in [-0.25, -0.2) is 0 Å². The van der Waals surface area contributed by atoms with Crippen LogP contribution < -0.4 is 5.32 Å². The fourth-order valence-electron chi connectivity index (χ4n) is 3.18. The Morgan fingerprint density at radius 1 is 1.37 bits per heavy atom. The molecule has 1 N–H and O–H groups in total. The first-order valence-corrected chi connectivity index (χ1v) is 8.89. The maximum Gasteiger partial charge on any atom is 0.0843 e. The molecule has 2 unspecified atom stereocenters. The van der Waals surface area contributed by atoms with Crippen LogP contribution in [0.15, 0.2) is 14.3 Å². The van der Waals surface area contributed by atoms with Gasteiger partial charge < -0.3 is 10.1 Å². The van der Waals surface area contributed by atoms with E-state index in [1.807, 2.05) is 7.05 Å². The lowest BCUT2D eigenvalue weighted by Crippen LogP contribution is -2.36. The van der Waals surface area contributed by atoms with E-state index in [1.54, 1.807) is 11.3 Å². The second kappa shape index (κ2) is 5.41. The van der Waals surface area contributed by atoms with Crippen LogP contribution in [0, 0.1) is 5.92 Å². The van der Waals surface area contributed by atoms with Crippen LogP contribution in [0.4, 0.5) is 0 Å². The Balaban J connectivity index is 2.32. The van der Waals surface area contributed by atoms with Gasteiger partial charge in [0.25, 0.3) is 0 Å². The molecule has 0 saturated carbocycles. The Labute approximate surface area is 136 Å². The van der Waals surface area contributed by atoms with Crippen LogP contribution in [0.3, 0.4) is 0 Å². The number of hydrogen-bond donors (Lipinski definition) is 1. The lowest BCUT2D eigenvalue weighted by molar-refractivity contribution is -0.0775. The van der Waals surface area contributed by atoms with Crippen molar-refractivity contribution in [2.45, 2.75) is 51.4 Å².